The Morgan fingerprint density at radius 2 is 0.593 bits per heavy atom. The van der Waals surface area contributed by atoms with Gasteiger partial charge in [-0.05, 0) is 69.1 Å². The molecular weight excluding hydrogens is 1200 g/mol. The summed E-state index contributed by atoms with van der Waals surface area (Å²) < 4.78 is 68.3. The molecule has 0 saturated heterocycles. The van der Waals surface area contributed by atoms with Crippen LogP contribution in [0.3, 0.4) is 0 Å². The van der Waals surface area contributed by atoms with Crippen LogP contribution in [0.2, 0.25) is 0 Å². The molecule has 536 valence electrons. The van der Waals surface area contributed by atoms with Crippen LogP contribution in [-0.2, 0) is 65.4 Å². The molecule has 0 aliphatic heterocycles. The number of aliphatic hydroxyl groups is 1. The van der Waals surface area contributed by atoms with Gasteiger partial charge in [0.2, 0.25) is 0 Å². The second kappa shape index (κ2) is 62.4. The summed E-state index contributed by atoms with van der Waals surface area (Å²) in [6.45, 7) is 11.7. The van der Waals surface area contributed by atoms with Crippen molar-refractivity contribution in [2.24, 2.45) is 17.8 Å². The Balaban J connectivity index is 5.29. The van der Waals surface area contributed by atoms with Crippen LogP contribution in [0.4, 0.5) is 0 Å². The van der Waals surface area contributed by atoms with Crippen LogP contribution in [0.15, 0.2) is 24.3 Å². The molecule has 3 unspecified atom stereocenters. The molecule has 0 aromatic heterocycles. The van der Waals surface area contributed by atoms with Crippen molar-refractivity contribution in [1.82, 2.24) is 0 Å². The van der Waals surface area contributed by atoms with Crippen LogP contribution in [0.5, 0.6) is 0 Å². The van der Waals surface area contributed by atoms with E-state index in [0.29, 0.717) is 25.7 Å². The predicted molar refractivity (Wildman–Crippen MR) is 367 cm³/mol. The van der Waals surface area contributed by atoms with E-state index in [1.54, 1.807) is 0 Å². The smallest absolute Gasteiger partial charge is 0.462 e. The highest BCUT2D eigenvalue weighted by molar-refractivity contribution is 7.47. The van der Waals surface area contributed by atoms with Gasteiger partial charge in [-0.2, -0.15) is 0 Å². The molecule has 3 N–H and O–H groups in total. The van der Waals surface area contributed by atoms with Gasteiger partial charge in [0.15, 0.2) is 12.2 Å². The van der Waals surface area contributed by atoms with E-state index in [0.717, 1.165) is 127 Å². The zero-order valence-corrected chi connectivity index (χ0v) is 60.6. The van der Waals surface area contributed by atoms with E-state index in [-0.39, 0.29) is 25.7 Å². The van der Waals surface area contributed by atoms with Crippen molar-refractivity contribution in [2.45, 2.75) is 356 Å². The number of hydrogen-bond acceptors (Lipinski definition) is 15. The highest BCUT2D eigenvalue weighted by Crippen LogP contribution is 2.45. The van der Waals surface area contributed by atoms with Gasteiger partial charge in [0, 0.05) is 25.7 Å². The lowest BCUT2D eigenvalue weighted by Crippen LogP contribution is -2.30. The lowest BCUT2D eigenvalue weighted by Gasteiger charge is -2.21. The van der Waals surface area contributed by atoms with Gasteiger partial charge in [0.1, 0.15) is 19.3 Å². The molecule has 0 aromatic rings. The Morgan fingerprint density at radius 1 is 0.341 bits per heavy atom. The first kappa shape index (κ1) is 88.5. The molecule has 0 fully saturated rings. The molecule has 0 radical (unpaired) electrons. The Kier molecular flexibility index (Phi) is 60.7. The number of hydrogen-bond donors (Lipinski definition) is 3. The van der Waals surface area contributed by atoms with Crippen molar-refractivity contribution in [1.29, 1.82) is 0 Å². The lowest BCUT2D eigenvalue weighted by atomic mass is 10.0. The summed E-state index contributed by atoms with van der Waals surface area (Å²) in [6.07, 6.45) is 49.4. The van der Waals surface area contributed by atoms with E-state index in [1.807, 2.05) is 0 Å². The van der Waals surface area contributed by atoms with Crippen molar-refractivity contribution in [3.05, 3.63) is 24.3 Å². The van der Waals surface area contributed by atoms with Crippen molar-refractivity contribution < 1.29 is 80.2 Å². The Bertz CT molecular complexity index is 1880. The number of carbonyl (C=O) groups is 4. The number of aliphatic hydroxyl groups excluding tert-OH is 1. The molecule has 0 aromatic carbocycles. The topological polar surface area (TPSA) is 237 Å². The minimum absolute atomic E-state index is 0.0986. The zero-order valence-electron chi connectivity index (χ0n) is 58.8. The van der Waals surface area contributed by atoms with Gasteiger partial charge in [0.05, 0.1) is 26.4 Å². The van der Waals surface area contributed by atoms with Gasteiger partial charge in [-0.1, -0.05) is 285 Å². The van der Waals surface area contributed by atoms with Crippen molar-refractivity contribution in [3.8, 4) is 0 Å². The number of rotatable bonds is 68. The monoisotopic (exact) mass is 1330 g/mol. The van der Waals surface area contributed by atoms with Crippen LogP contribution < -0.4 is 0 Å². The average Bonchev–Trinajstić information content (AvgIpc) is 3.48. The number of unbranched alkanes of at least 4 members (excludes halogenated alkanes) is 33. The summed E-state index contributed by atoms with van der Waals surface area (Å²) in [7, 11) is -9.92. The molecule has 17 nitrogen and oxygen atoms in total. The van der Waals surface area contributed by atoms with Crippen LogP contribution in [0.25, 0.3) is 0 Å². The second-order valence-corrected chi connectivity index (χ2v) is 29.6. The van der Waals surface area contributed by atoms with Crippen molar-refractivity contribution in [3.63, 3.8) is 0 Å². The third kappa shape index (κ3) is 66.0. The second-order valence-electron chi connectivity index (χ2n) is 26.7. The zero-order chi connectivity index (χ0) is 67.3. The van der Waals surface area contributed by atoms with Crippen molar-refractivity contribution >= 4 is 39.5 Å². The highest BCUT2D eigenvalue weighted by Gasteiger charge is 2.30. The maximum absolute atomic E-state index is 13.0. The fourth-order valence-electron chi connectivity index (χ4n) is 10.4. The Hall–Kier alpha value is -2.46. The summed E-state index contributed by atoms with van der Waals surface area (Å²) in [5.41, 5.74) is 0. The summed E-state index contributed by atoms with van der Waals surface area (Å²) in [5, 5.41) is 10.6. The lowest BCUT2D eigenvalue weighted by molar-refractivity contribution is -0.161. The maximum Gasteiger partial charge on any atom is 0.472 e. The minimum atomic E-state index is -4.96. The van der Waals surface area contributed by atoms with Gasteiger partial charge in [-0.3, -0.25) is 37.3 Å². The Morgan fingerprint density at radius 3 is 0.890 bits per heavy atom. The highest BCUT2D eigenvalue weighted by atomic mass is 31.2. The number of carbonyl (C=O) groups excluding carboxylic acids is 4. The number of esters is 4. The molecule has 0 amide bonds. The van der Waals surface area contributed by atoms with Crippen LogP contribution in [0, 0.1) is 17.8 Å². The van der Waals surface area contributed by atoms with Crippen LogP contribution in [-0.4, -0.2) is 96.7 Å². The van der Waals surface area contributed by atoms with E-state index in [2.05, 4.69) is 72.8 Å². The predicted octanol–water partition coefficient (Wildman–Crippen LogP) is 20.2. The molecular formula is C72H136O17P2. The van der Waals surface area contributed by atoms with E-state index < -0.39 is 97.5 Å². The Labute approximate surface area is 554 Å². The molecule has 0 bridgehead atoms. The quantitative estimate of drug-likeness (QED) is 0.0169. The molecule has 0 heterocycles. The third-order valence-electron chi connectivity index (χ3n) is 16.0. The minimum Gasteiger partial charge on any atom is -0.462 e. The van der Waals surface area contributed by atoms with Crippen LogP contribution in [0.1, 0.15) is 337 Å². The van der Waals surface area contributed by atoms with E-state index in [4.69, 9.17) is 37.0 Å². The summed E-state index contributed by atoms with van der Waals surface area (Å²) in [5.74, 6) is 0.0535. The third-order valence-corrected chi connectivity index (χ3v) is 17.9. The fraction of sp³-hybridized carbons (Fsp3) is 0.889. The van der Waals surface area contributed by atoms with Gasteiger partial charge < -0.3 is 33.8 Å². The standard InChI is InChI=1S/C72H136O17P2/c1-8-9-10-11-12-13-14-15-16-17-18-24-32-39-46-53-69(74)82-59-67(88-71(76)55-48-41-34-25-20-19-22-29-36-43-50-63(2)3)61-86-90(78,79)84-57-66(73)58-85-91(80,81)87-62-68(60-83-70(75)54-47-40-33-28-27-31-38-45-52-65(6)7)89-72(77)56-49-42-35-26-21-23-30-37-44-51-64(4)5/h13-16,63-68,73H,8-12,17-62H2,1-7H3,(H,78,79)(H,80,81)/b14-13-,16-15-/t66?,67-,68-/m1/s1. The van der Waals surface area contributed by atoms with Gasteiger partial charge in [0.25, 0.3) is 0 Å². The molecule has 0 saturated carbocycles. The first-order valence-electron chi connectivity index (χ1n) is 36.7. The maximum atomic E-state index is 13.0. The van der Waals surface area contributed by atoms with E-state index >= 15 is 0 Å². The first-order valence-corrected chi connectivity index (χ1v) is 39.7. The normalized spacial score (nSPS) is 14.3. The molecule has 0 aliphatic carbocycles. The fourth-order valence-corrected chi connectivity index (χ4v) is 11.9. The first-order chi connectivity index (χ1) is 43.7. The average molecular weight is 1340 g/mol. The van der Waals surface area contributed by atoms with E-state index in [9.17, 15) is 43.2 Å². The number of phosphoric acid groups is 2. The van der Waals surface area contributed by atoms with Gasteiger partial charge >= 0.3 is 39.5 Å². The number of phosphoric ester groups is 2. The summed E-state index contributed by atoms with van der Waals surface area (Å²) in [4.78, 5) is 72.6. The molecule has 0 spiro atoms. The number of ether oxygens (including phenoxy) is 4. The van der Waals surface area contributed by atoms with Crippen molar-refractivity contribution in [2.75, 3.05) is 39.6 Å². The molecule has 0 aliphatic rings. The van der Waals surface area contributed by atoms with Gasteiger partial charge in [-0.15, -0.1) is 0 Å². The molecule has 91 heavy (non-hydrogen) atoms. The van der Waals surface area contributed by atoms with Crippen LogP contribution >= 0.6 is 15.6 Å². The number of allylic oxidation sites excluding steroid dienone is 4. The van der Waals surface area contributed by atoms with E-state index in [1.165, 1.54) is 128 Å². The summed E-state index contributed by atoms with van der Waals surface area (Å²) >= 11 is 0. The largest absolute Gasteiger partial charge is 0.472 e. The molecule has 0 rings (SSSR count). The molecule has 19 heteroatoms. The molecule has 5 atom stereocenters. The summed E-state index contributed by atoms with van der Waals surface area (Å²) in [6, 6.07) is 0. The SMILES string of the molecule is CCCCCC/C=C\C=C/CCCCCCCC(=O)OC[C@H](COP(=O)(O)OCC(O)COP(=O)(O)OC[C@@H](COC(=O)CCCCCCCCCCC(C)C)OC(=O)CCCCCCCCCCCC(C)C)OC(=O)CCCCCCCCCCCCC(C)C. The van der Waals surface area contributed by atoms with Gasteiger partial charge in [-0.25, -0.2) is 9.13 Å².